The van der Waals surface area contributed by atoms with Gasteiger partial charge in [0.1, 0.15) is 30.0 Å². The molecular weight excluding hydrogens is 382 g/mol. The molecule has 0 aromatic heterocycles. The van der Waals surface area contributed by atoms with Crippen LogP contribution in [0.5, 0.6) is 11.5 Å². The summed E-state index contributed by atoms with van der Waals surface area (Å²) in [6.07, 6.45) is -0.499. The van der Waals surface area contributed by atoms with Crippen molar-refractivity contribution in [3.63, 3.8) is 0 Å². The number of nitrogens with zero attached hydrogens (tertiary/aromatic N) is 3. The van der Waals surface area contributed by atoms with E-state index in [1.165, 1.54) is 0 Å². The number of fused-ring (bicyclic) bond motifs is 3. The largest absolute Gasteiger partial charge is 0.457 e. The number of carbonyl (C=O) groups excluding carboxylic acids is 2. The molecular formula is C22H25N5O3. The minimum Gasteiger partial charge on any atom is -0.457 e. The van der Waals surface area contributed by atoms with Crippen LogP contribution in [0.2, 0.25) is 0 Å². The van der Waals surface area contributed by atoms with E-state index in [2.05, 4.69) is 27.4 Å². The SMILES string of the molecule is CC1CN(c2ccc(Oc3ccccc3)cc2)C2NC3C(C(=O)NC(=O)N3C)N2C1. The Labute approximate surface area is 175 Å². The van der Waals surface area contributed by atoms with Gasteiger partial charge in [0, 0.05) is 25.8 Å². The first-order chi connectivity index (χ1) is 14.5. The Balaban J connectivity index is 1.39. The molecule has 2 aromatic carbocycles. The molecule has 3 heterocycles. The third-order valence-corrected chi connectivity index (χ3v) is 6.00. The van der Waals surface area contributed by atoms with Crippen molar-refractivity contribution in [2.75, 3.05) is 25.0 Å². The topological polar surface area (TPSA) is 77.1 Å². The van der Waals surface area contributed by atoms with Gasteiger partial charge in [-0.25, -0.2) is 4.79 Å². The van der Waals surface area contributed by atoms with Crippen molar-refractivity contribution in [2.45, 2.75) is 25.4 Å². The number of likely N-dealkylation sites (N-methyl/N-ethyl adjacent to an activating group) is 1. The van der Waals surface area contributed by atoms with Crippen LogP contribution in [0.3, 0.4) is 0 Å². The van der Waals surface area contributed by atoms with Crippen LogP contribution in [0.15, 0.2) is 54.6 Å². The summed E-state index contributed by atoms with van der Waals surface area (Å²) in [7, 11) is 1.72. The normalized spacial score (nSPS) is 28.7. The van der Waals surface area contributed by atoms with E-state index >= 15 is 0 Å². The Morgan fingerprint density at radius 2 is 1.67 bits per heavy atom. The maximum absolute atomic E-state index is 12.6. The summed E-state index contributed by atoms with van der Waals surface area (Å²) >= 11 is 0. The molecule has 3 fully saturated rings. The van der Waals surface area contributed by atoms with Crippen molar-refractivity contribution in [3.05, 3.63) is 54.6 Å². The molecule has 0 aliphatic carbocycles. The summed E-state index contributed by atoms with van der Waals surface area (Å²) in [6, 6.07) is 16.9. The van der Waals surface area contributed by atoms with Gasteiger partial charge in [-0.15, -0.1) is 0 Å². The van der Waals surface area contributed by atoms with Crippen LogP contribution in [-0.4, -0.2) is 60.4 Å². The van der Waals surface area contributed by atoms with Crippen LogP contribution in [0.25, 0.3) is 0 Å². The van der Waals surface area contributed by atoms with Gasteiger partial charge < -0.3 is 14.5 Å². The lowest BCUT2D eigenvalue weighted by atomic mass is 10.0. The second kappa shape index (κ2) is 7.30. The van der Waals surface area contributed by atoms with E-state index in [9.17, 15) is 9.59 Å². The number of urea groups is 1. The lowest BCUT2D eigenvalue weighted by Gasteiger charge is -2.45. The standard InChI is InChI=1S/C22H25N5O3/c1-14-12-26(15-8-10-17(11-9-15)30-16-6-4-3-5-7-16)21-23-19-18(27(21)13-14)20(28)24-22(29)25(19)2/h3-11,14,18-19,21,23H,12-13H2,1-2H3,(H,24,28,29). The van der Waals surface area contributed by atoms with Crippen molar-refractivity contribution in [2.24, 2.45) is 5.92 Å². The molecule has 3 saturated heterocycles. The number of carbonyl (C=O) groups is 2. The lowest BCUT2D eigenvalue weighted by molar-refractivity contribution is -0.128. The minimum absolute atomic E-state index is 0.156. The highest BCUT2D eigenvalue weighted by Crippen LogP contribution is 2.33. The number of imide groups is 1. The number of amides is 3. The molecule has 8 nitrogen and oxygen atoms in total. The fourth-order valence-electron chi connectivity index (χ4n) is 4.60. The number of benzene rings is 2. The average Bonchev–Trinajstić information content (AvgIpc) is 3.13. The van der Waals surface area contributed by atoms with Gasteiger partial charge in [-0.3, -0.25) is 20.3 Å². The maximum atomic E-state index is 12.6. The molecule has 0 saturated carbocycles. The third-order valence-electron chi connectivity index (χ3n) is 6.00. The molecule has 8 heteroatoms. The van der Waals surface area contributed by atoms with Crippen molar-refractivity contribution >= 4 is 17.6 Å². The Morgan fingerprint density at radius 1 is 0.967 bits per heavy atom. The van der Waals surface area contributed by atoms with Crippen molar-refractivity contribution in [1.82, 2.24) is 20.4 Å². The molecule has 4 atom stereocenters. The highest BCUT2D eigenvalue weighted by Gasteiger charge is 2.54. The van der Waals surface area contributed by atoms with E-state index < -0.39 is 6.04 Å². The van der Waals surface area contributed by atoms with Crippen molar-refractivity contribution in [1.29, 1.82) is 0 Å². The molecule has 0 radical (unpaired) electrons. The van der Waals surface area contributed by atoms with Gasteiger partial charge in [0.25, 0.3) is 0 Å². The number of anilines is 1. The van der Waals surface area contributed by atoms with E-state index in [1.807, 2.05) is 54.6 Å². The van der Waals surface area contributed by atoms with Crippen LogP contribution in [0.1, 0.15) is 6.92 Å². The molecule has 0 bridgehead atoms. The predicted octanol–water partition coefficient (Wildman–Crippen LogP) is 2.00. The molecule has 3 aliphatic heterocycles. The second-order valence-corrected chi connectivity index (χ2v) is 8.20. The zero-order chi connectivity index (χ0) is 20.8. The molecule has 30 heavy (non-hydrogen) atoms. The van der Waals surface area contributed by atoms with Gasteiger partial charge in [0.15, 0.2) is 0 Å². The van der Waals surface area contributed by atoms with E-state index in [0.29, 0.717) is 5.92 Å². The van der Waals surface area contributed by atoms with Gasteiger partial charge in [-0.05, 0) is 42.3 Å². The smallest absolute Gasteiger partial charge is 0.325 e. The van der Waals surface area contributed by atoms with Gasteiger partial charge in [0.05, 0.1) is 0 Å². The van der Waals surface area contributed by atoms with Crippen LogP contribution in [0, 0.1) is 5.92 Å². The fourth-order valence-corrected chi connectivity index (χ4v) is 4.60. The van der Waals surface area contributed by atoms with E-state index in [-0.39, 0.29) is 24.4 Å². The zero-order valence-corrected chi connectivity index (χ0v) is 17.0. The molecule has 156 valence electrons. The number of nitrogens with one attached hydrogen (secondary N) is 2. The van der Waals surface area contributed by atoms with Crippen molar-refractivity contribution < 1.29 is 14.3 Å². The third kappa shape index (κ3) is 3.18. The summed E-state index contributed by atoms with van der Waals surface area (Å²) in [6.45, 7) is 3.82. The van der Waals surface area contributed by atoms with E-state index in [4.69, 9.17) is 4.74 Å². The second-order valence-electron chi connectivity index (χ2n) is 8.20. The molecule has 3 amide bonds. The Hall–Kier alpha value is -3.10. The van der Waals surface area contributed by atoms with Gasteiger partial charge in [-0.2, -0.15) is 0 Å². The van der Waals surface area contributed by atoms with E-state index in [1.54, 1.807) is 11.9 Å². The quantitative estimate of drug-likeness (QED) is 0.811. The number of para-hydroxylation sites is 1. The van der Waals surface area contributed by atoms with E-state index in [0.717, 1.165) is 30.3 Å². The maximum Gasteiger partial charge on any atom is 0.325 e. The van der Waals surface area contributed by atoms with Crippen LogP contribution >= 0.6 is 0 Å². The summed E-state index contributed by atoms with van der Waals surface area (Å²) < 4.78 is 5.90. The number of rotatable bonds is 3. The number of hydrogen-bond donors (Lipinski definition) is 2. The first-order valence-corrected chi connectivity index (χ1v) is 10.2. The minimum atomic E-state index is -0.399. The lowest BCUT2D eigenvalue weighted by Crippen LogP contribution is -2.65. The Morgan fingerprint density at radius 3 is 2.40 bits per heavy atom. The number of hydrogen-bond acceptors (Lipinski definition) is 6. The monoisotopic (exact) mass is 407 g/mol. The number of ether oxygens (including phenoxy) is 1. The zero-order valence-electron chi connectivity index (χ0n) is 17.0. The van der Waals surface area contributed by atoms with Crippen LogP contribution < -0.4 is 20.3 Å². The van der Waals surface area contributed by atoms with Gasteiger partial charge in [0.2, 0.25) is 5.91 Å². The molecule has 2 aromatic rings. The van der Waals surface area contributed by atoms with Crippen LogP contribution in [0.4, 0.5) is 10.5 Å². The Kier molecular flexibility index (Phi) is 4.60. The average molecular weight is 407 g/mol. The highest BCUT2D eigenvalue weighted by atomic mass is 16.5. The van der Waals surface area contributed by atoms with Crippen molar-refractivity contribution in [3.8, 4) is 11.5 Å². The molecule has 0 spiro atoms. The van der Waals surface area contributed by atoms with Gasteiger partial charge in [-0.1, -0.05) is 25.1 Å². The highest BCUT2D eigenvalue weighted by molar-refractivity contribution is 6.00. The fraction of sp³-hybridized carbons (Fsp3) is 0.364. The summed E-state index contributed by atoms with van der Waals surface area (Å²) in [5.41, 5.74) is 1.04. The predicted molar refractivity (Wildman–Crippen MR) is 112 cm³/mol. The molecule has 5 rings (SSSR count). The first-order valence-electron chi connectivity index (χ1n) is 10.2. The molecule has 3 aliphatic rings. The Bertz CT molecular complexity index is 951. The summed E-state index contributed by atoms with van der Waals surface area (Å²) in [5.74, 6) is 1.70. The van der Waals surface area contributed by atoms with Gasteiger partial charge >= 0.3 is 6.03 Å². The van der Waals surface area contributed by atoms with Crippen LogP contribution in [-0.2, 0) is 4.79 Å². The summed E-state index contributed by atoms with van der Waals surface area (Å²) in [4.78, 5) is 30.6. The first kappa shape index (κ1) is 18.9. The molecule has 4 unspecified atom stereocenters. The summed E-state index contributed by atoms with van der Waals surface area (Å²) in [5, 5.41) is 5.96. The molecule has 2 N–H and O–H groups in total.